The Kier molecular flexibility index (Phi) is 5.61. The molecule has 4 amide bonds. The standard InChI is InChI=1S/C22H31N3O4/c1-21(2,3)15-9-10-17(29-5)16(13-15)23-18(26)14-25-19(27)22(24(4)20(25)28)11-7-6-8-12-22/h9-10,13H,6-8,11-12,14H2,1-5H3,(H,23,26). The van der Waals surface area contributed by atoms with Gasteiger partial charge in [-0.1, -0.05) is 46.1 Å². The Hall–Kier alpha value is -2.57. The predicted octanol–water partition coefficient (Wildman–Crippen LogP) is 3.53. The van der Waals surface area contributed by atoms with Crippen LogP contribution in [0.4, 0.5) is 10.5 Å². The molecule has 29 heavy (non-hydrogen) atoms. The number of anilines is 1. The maximum absolute atomic E-state index is 13.1. The van der Waals surface area contributed by atoms with Gasteiger partial charge in [0, 0.05) is 7.05 Å². The third-order valence-electron chi connectivity index (χ3n) is 6.13. The normalized spacial score (nSPS) is 19.1. The molecule has 0 radical (unpaired) electrons. The van der Waals surface area contributed by atoms with Crippen molar-refractivity contribution in [1.82, 2.24) is 9.80 Å². The highest BCUT2D eigenvalue weighted by atomic mass is 16.5. The van der Waals surface area contributed by atoms with Crippen LogP contribution in [0.1, 0.15) is 58.4 Å². The molecule has 2 aliphatic rings. The highest BCUT2D eigenvalue weighted by Crippen LogP contribution is 2.39. The van der Waals surface area contributed by atoms with E-state index in [1.807, 2.05) is 18.2 Å². The lowest BCUT2D eigenvalue weighted by Crippen LogP contribution is -2.49. The Balaban J connectivity index is 1.77. The number of ether oxygens (including phenoxy) is 1. The molecule has 1 aliphatic heterocycles. The van der Waals surface area contributed by atoms with Crippen molar-refractivity contribution < 1.29 is 19.1 Å². The first-order chi connectivity index (χ1) is 13.6. The molecule has 3 rings (SSSR count). The highest BCUT2D eigenvalue weighted by molar-refractivity contribution is 6.10. The second kappa shape index (κ2) is 7.69. The molecule has 0 unspecified atom stereocenters. The van der Waals surface area contributed by atoms with Crippen LogP contribution in [-0.4, -0.2) is 53.9 Å². The summed E-state index contributed by atoms with van der Waals surface area (Å²) in [6.45, 7) is 5.96. The van der Waals surface area contributed by atoms with Crippen LogP contribution in [0.15, 0.2) is 18.2 Å². The summed E-state index contributed by atoms with van der Waals surface area (Å²) in [5.41, 5.74) is 0.704. The maximum atomic E-state index is 13.1. The summed E-state index contributed by atoms with van der Waals surface area (Å²) in [5.74, 6) is -0.140. The van der Waals surface area contributed by atoms with E-state index in [4.69, 9.17) is 4.74 Å². The number of nitrogens with one attached hydrogen (secondary N) is 1. The van der Waals surface area contributed by atoms with Crippen LogP contribution in [0.3, 0.4) is 0 Å². The molecule has 1 aromatic rings. The first-order valence-electron chi connectivity index (χ1n) is 10.2. The zero-order valence-corrected chi connectivity index (χ0v) is 18.0. The smallest absolute Gasteiger partial charge is 0.327 e. The lowest BCUT2D eigenvalue weighted by molar-refractivity contribution is -0.136. The zero-order valence-electron chi connectivity index (χ0n) is 18.0. The van der Waals surface area contributed by atoms with E-state index in [1.165, 1.54) is 12.0 Å². The van der Waals surface area contributed by atoms with Crippen LogP contribution >= 0.6 is 0 Å². The minimum absolute atomic E-state index is 0.0945. The van der Waals surface area contributed by atoms with Crippen molar-refractivity contribution in [3.8, 4) is 5.75 Å². The van der Waals surface area contributed by atoms with Gasteiger partial charge in [0.15, 0.2) is 0 Å². The highest BCUT2D eigenvalue weighted by Gasteiger charge is 2.55. The second-order valence-corrected chi connectivity index (χ2v) is 9.04. The summed E-state index contributed by atoms with van der Waals surface area (Å²) in [7, 11) is 3.20. The molecule has 158 valence electrons. The Morgan fingerprint density at radius 1 is 1.17 bits per heavy atom. The van der Waals surface area contributed by atoms with Gasteiger partial charge in [-0.3, -0.25) is 14.5 Å². The molecule has 2 fully saturated rings. The number of rotatable bonds is 4. The fraction of sp³-hybridized carbons (Fsp3) is 0.591. The summed E-state index contributed by atoms with van der Waals surface area (Å²) in [5, 5.41) is 2.82. The number of methoxy groups -OCH3 is 1. The van der Waals surface area contributed by atoms with Crippen molar-refractivity contribution in [3.05, 3.63) is 23.8 Å². The predicted molar refractivity (Wildman–Crippen MR) is 111 cm³/mol. The number of urea groups is 1. The SMILES string of the molecule is COc1ccc(C(C)(C)C)cc1NC(=O)CN1C(=O)N(C)C2(CCCCC2)C1=O. The summed E-state index contributed by atoms with van der Waals surface area (Å²) in [6.07, 6.45) is 4.23. The minimum atomic E-state index is -0.778. The van der Waals surface area contributed by atoms with Crippen molar-refractivity contribution in [2.45, 2.75) is 63.8 Å². The van der Waals surface area contributed by atoms with E-state index in [0.717, 1.165) is 29.7 Å². The average Bonchev–Trinajstić information content (AvgIpc) is 2.84. The third kappa shape index (κ3) is 3.82. The Bertz CT molecular complexity index is 822. The lowest BCUT2D eigenvalue weighted by atomic mass is 9.81. The fourth-order valence-electron chi connectivity index (χ4n) is 4.28. The molecule has 7 nitrogen and oxygen atoms in total. The van der Waals surface area contributed by atoms with Crippen LogP contribution in [0.25, 0.3) is 0 Å². The van der Waals surface area contributed by atoms with Gasteiger partial charge in [-0.2, -0.15) is 0 Å². The molecule has 1 N–H and O–H groups in total. The van der Waals surface area contributed by atoms with Gasteiger partial charge in [-0.15, -0.1) is 0 Å². The average molecular weight is 402 g/mol. The molecule has 1 heterocycles. The van der Waals surface area contributed by atoms with Gasteiger partial charge >= 0.3 is 6.03 Å². The molecule has 1 spiro atoms. The summed E-state index contributed by atoms with van der Waals surface area (Å²) in [6, 6.07) is 5.25. The van der Waals surface area contributed by atoms with E-state index in [2.05, 4.69) is 26.1 Å². The molecule has 7 heteroatoms. The molecular weight excluding hydrogens is 370 g/mol. The monoisotopic (exact) mass is 401 g/mol. The molecule has 1 saturated heterocycles. The second-order valence-electron chi connectivity index (χ2n) is 9.04. The van der Waals surface area contributed by atoms with Crippen LogP contribution < -0.4 is 10.1 Å². The van der Waals surface area contributed by atoms with Gasteiger partial charge in [-0.25, -0.2) is 4.79 Å². The van der Waals surface area contributed by atoms with E-state index in [1.54, 1.807) is 7.05 Å². The zero-order chi connectivity index (χ0) is 21.4. The van der Waals surface area contributed by atoms with E-state index < -0.39 is 17.5 Å². The van der Waals surface area contributed by atoms with E-state index in [0.29, 0.717) is 24.3 Å². The number of benzene rings is 1. The van der Waals surface area contributed by atoms with Crippen molar-refractivity contribution in [2.24, 2.45) is 0 Å². The van der Waals surface area contributed by atoms with Crippen molar-refractivity contribution in [3.63, 3.8) is 0 Å². The number of likely N-dealkylation sites (N-methyl/N-ethyl adjacent to an activating group) is 1. The molecule has 0 atom stereocenters. The lowest BCUT2D eigenvalue weighted by Gasteiger charge is -2.35. The van der Waals surface area contributed by atoms with Gasteiger partial charge in [0.1, 0.15) is 17.8 Å². The number of imide groups is 1. The summed E-state index contributed by atoms with van der Waals surface area (Å²) < 4.78 is 5.36. The Morgan fingerprint density at radius 3 is 2.41 bits per heavy atom. The number of hydrogen-bond donors (Lipinski definition) is 1. The first-order valence-corrected chi connectivity index (χ1v) is 10.2. The van der Waals surface area contributed by atoms with E-state index in [-0.39, 0.29) is 17.9 Å². The molecule has 1 saturated carbocycles. The van der Waals surface area contributed by atoms with E-state index >= 15 is 0 Å². The van der Waals surface area contributed by atoms with Crippen LogP contribution in [0.5, 0.6) is 5.75 Å². The molecule has 1 aliphatic carbocycles. The van der Waals surface area contributed by atoms with Gasteiger partial charge < -0.3 is 15.0 Å². The van der Waals surface area contributed by atoms with Crippen molar-refractivity contribution >= 4 is 23.5 Å². The number of nitrogens with zero attached hydrogens (tertiary/aromatic N) is 2. The largest absolute Gasteiger partial charge is 0.495 e. The Morgan fingerprint density at radius 2 is 1.83 bits per heavy atom. The molecule has 0 bridgehead atoms. The molecule has 1 aromatic carbocycles. The van der Waals surface area contributed by atoms with Crippen LogP contribution in [0.2, 0.25) is 0 Å². The van der Waals surface area contributed by atoms with Crippen LogP contribution in [-0.2, 0) is 15.0 Å². The van der Waals surface area contributed by atoms with Crippen molar-refractivity contribution in [1.29, 1.82) is 0 Å². The minimum Gasteiger partial charge on any atom is -0.495 e. The number of hydrogen-bond acceptors (Lipinski definition) is 4. The Labute approximate surface area is 172 Å². The topological polar surface area (TPSA) is 79.0 Å². The first kappa shape index (κ1) is 21.1. The number of carbonyl (C=O) groups is 3. The molecular formula is C22H31N3O4. The summed E-state index contributed by atoms with van der Waals surface area (Å²) in [4.78, 5) is 41.1. The summed E-state index contributed by atoms with van der Waals surface area (Å²) >= 11 is 0. The van der Waals surface area contributed by atoms with Gasteiger partial charge in [0.2, 0.25) is 5.91 Å². The molecule has 0 aromatic heterocycles. The third-order valence-corrected chi connectivity index (χ3v) is 6.13. The number of carbonyl (C=O) groups excluding carboxylic acids is 3. The fourth-order valence-corrected chi connectivity index (χ4v) is 4.28. The van der Waals surface area contributed by atoms with Gasteiger partial charge in [-0.05, 0) is 36.0 Å². The van der Waals surface area contributed by atoms with Gasteiger partial charge in [0.25, 0.3) is 5.91 Å². The van der Waals surface area contributed by atoms with Crippen LogP contribution in [0, 0.1) is 0 Å². The van der Waals surface area contributed by atoms with Crippen molar-refractivity contribution in [2.75, 3.05) is 26.0 Å². The maximum Gasteiger partial charge on any atom is 0.327 e. The number of amides is 4. The van der Waals surface area contributed by atoms with Gasteiger partial charge in [0.05, 0.1) is 12.8 Å². The van der Waals surface area contributed by atoms with E-state index in [9.17, 15) is 14.4 Å². The quantitative estimate of drug-likeness (QED) is 0.783.